The molecule has 0 saturated heterocycles. The molecule has 0 amide bonds. The normalized spacial score (nSPS) is 9.50. The highest BCUT2D eigenvalue weighted by molar-refractivity contribution is 14.2. The average molecular weight is 188 g/mol. The molecule has 0 aliphatic rings. The number of halogens is 1. The topological polar surface area (TPSA) is 38.4 Å². The minimum atomic E-state index is 0.871. The molecule has 2 N–H and O–H groups in total. The number of nitrogens with zero attached hydrogens (tertiary/aromatic N) is 1. The van der Waals surface area contributed by atoms with Gasteiger partial charge in [0, 0.05) is 22.0 Å². The van der Waals surface area contributed by atoms with E-state index in [-0.39, 0.29) is 0 Å². The Hall–Kier alpha value is 0.790. The molecule has 0 aromatic carbocycles. The van der Waals surface area contributed by atoms with Crippen LogP contribution in [0.3, 0.4) is 0 Å². The Morgan fingerprint density at radius 1 is 2.00 bits per heavy atom. The zero-order chi connectivity index (χ0) is 3.41. The summed E-state index contributed by atoms with van der Waals surface area (Å²) in [5, 5.41) is 0. The lowest BCUT2D eigenvalue weighted by molar-refractivity contribution is 1.30. The fraction of sp³-hybridized carbons (Fsp3) is 0. The predicted octanol–water partition coefficient (Wildman–Crippen LogP) is 1.34. The fourth-order valence-corrected chi connectivity index (χ4v) is 0. The first kappa shape index (κ1) is 4.79. The average Bonchev–Trinajstić information content (AvgIpc) is 1.37. The quantitative estimate of drug-likeness (QED) is 0.265. The molecule has 24 valence electrons. The Morgan fingerprint density at radius 2 is 2.25 bits per heavy atom. The van der Waals surface area contributed by atoms with Gasteiger partial charge in [0.2, 0.25) is 0 Å². The van der Waals surface area contributed by atoms with E-state index in [1.807, 2.05) is 22.0 Å². The summed E-state index contributed by atoms with van der Waals surface area (Å²) >= 11 is 2.03. The van der Waals surface area contributed by atoms with Crippen LogP contribution >= 0.6 is 28.1 Å². The summed E-state index contributed by atoms with van der Waals surface area (Å²) in [5.41, 5.74) is 0. The van der Waals surface area contributed by atoms with Crippen molar-refractivity contribution in [2.24, 2.45) is 10.7 Å². The first-order chi connectivity index (χ1) is 1.91. The smallest absolute Gasteiger partial charge is 0.0987 e. The molecular weight excluding hydrogens is 186 g/mol. The first-order valence-corrected chi connectivity index (χ1v) is 4.26. The van der Waals surface area contributed by atoms with Crippen LogP contribution in [0.15, 0.2) is 4.85 Å². The predicted molar refractivity (Wildman–Crippen MR) is 27.6 cm³/mol. The Morgan fingerprint density at radius 3 is 2.25 bits per heavy atom. The minimum absolute atomic E-state index is 0.871. The van der Waals surface area contributed by atoms with Gasteiger partial charge < -0.3 is 0 Å². The van der Waals surface area contributed by atoms with Gasteiger partial charge in [-0.25, -0.2) is 5.84 Å². The van der Waals surface area contributed by atoms with Crippen LogP contribution in [0.2, 0.25) is 0 Å². The van der Waals surface area contributed by atoms with Crippen LogP contribution in [0.25, 0.3) is 0 Å². The lowest BCUT2D eigenvalue weighted by atomic mass is 13.0. The van der Waals surface area contributed by atoms with E-state index in [4.69, 9.17) is 0 Å². The third-order valence-corrected chi connectivity index (χ3v) is 0.878. The third-order valence-electron chi connectivity index (χ3n) is 0.0436. The number of nitrogens with two attached hydrogens (primary N) is 1. The van der Waals surface area contributed by atoms with Gasteiger partial charge in [-0.1, -0.05) is 0 Å². The number of hydrogen-bond acceptors (Lipinski definition) is 1. The van der Waals surface area contributed by atoms with Crippen LogP contribution in [0.5, 0.6) is 0 Å². The zero-order valence-electron chi connectivity index (χ0n) is 1.85. The molecule has 0 aliphatic heterocycles. The van der Waals surface area contributed by atoms with Crippen molar-refractivity contribution in [3.63, 3.8) is 0 Å². The van der Waals surface area contributed by atoms with Gasteiger partial charge in [0.25, 0.3) is 0 Å². The summed E-state index contributed by atoms with van der Waals surface area (Å²) in [5.74, 6) is 4.63. The van der Waals surface area contributed by atoms with E-state index in [2.05, 4.69) is 10.7 Å². The van der Waals surface area contributed by atoms with Crippen molar-refractivity contribution in [1.29, 1.82) is 0 Å². The number of hydrogen-bond donors (Lipinski definition) is 1. The van der Waals surface area contributed by atoms with Crippen LogP contribution in [0, 0.1) is 0 Å². The van der Waals surface area contributed by atoms with Gasteiger partial charge in [-0.05, 0) is 0 Å². The van der Waals surface area contributed by atoms with Crippen LogP contribution in [-0.4, -0.2) is 0 Å². The molecule has 0 aliphatic carbocycles. The molecule has 0 unspecified atom stereocenters. The van der Waals surface area contributed by atoms with E-state index in [0.29, 0.717) is 0 Å². The van der Waals surface area contributed by atoms with Gasteiger partial charge in [0.05, 0.1) is 6.02 Å². The second-order valence-corrected chi connectivity index (χ2v) is 1.87. The molecule has 0 bridgehead atoms. The van der Waals surface area contributed by atoms with E-state index in [1.54, 1.807) is 0 Å². The lowest BCUT2D eigenvalue weighted by Gasteiger charge is -1.50. The van der Waals surface area contributed by atoms with E-state index in [0.717, 1.165) is 6.02 Å². The summed E-state index contributed by atoms with van der Waals surface area (Å²) in [6, 6.07) is 0.871. The maximum absolute atomic E-state index is 4.63. The van der Waals surface area contributed by atoms with Crippen LogP contribution in [0.1, 0.15) is 0 Å². The molecule has 4 heteroatoms. The van der Waals surface area contributed by atoms with Crippen molar-refractivity contribution >= 4 is 28.1 Å². The third kappa shape index (κ3) is 2.79. The molecule has 0 rings (SSSR count). The van der Waals surface area contributed by atoms with Gasteiger partial charge in [-0.3, -0.25) is 0 Å². The largest absolute Gasteiger partial charge is 0.223 e. The first-order valence-electron chi connectivity index (χ1n) is 0.627. The molecule has 2 nitrogen and oxygen atoms in total. The molecule has 0 aromatic heterocycles. The van der Waals surface area contributed by atoms with Gasteiger partial charge in [0.1, 0.15) is 0 Å². The van der Waals surface area contributed by atoms with Crippen LogP contribution in [0.4, 0.5) is 0 Å². The van der Waals surface area contributed by atoms with E-state index in [1.165, 1.54) is 0 Å². The van der Waals surface area contributed by atoms with Crippen molar-refractivity contribution < 1.29 is 0 Å². The highest BCUT2D eigenvalue weighted by Gasteiger charge is 1.37. The second-order valence-electron chi connectivity index (χ2n) is 0.191. The molecule has 0 radical (unpaired) electrons. The van der Waals surface area contributed by atoms with Crippen LogP contribution < -0.4 is 5.84 Å². The highest BCUT2D eigenvalue weighted by atomic mass is 127. The van der Waals surface area contributed by atoms with Gasteiger partial charge in [-0.2, -0.15) is 4.85 Å². The van der Waals surface area contributed by atoms with Crippen molar-refractivity contribution in [3.8, 4) is 0 Å². The Labute approximate surface area is 39.1 Å². The molecule has 0 aromatic rings. The monoisotopic (exact) mass is 188 g/mol. The lowest BCUT2D eigenvalue weighted by Crippen LogP contribution is -1.65. The summed E-state index contributed by atoms with van der Waals surface area (Å²) in [4.78, 5) is 3.20. The summed E-state index contributed by atoms with van der Waals surface area (Å²) in [6.45, 7) is 0. The van der Waals surface area contributed by atoms with Crippen molar-refractivity contribution in [3.05, 3.63) is 0 Å². The molecule has 0 heterocycles. The van der Waals surface area contributed by atoms with Crippen molar-refractivity contribution in [1.82, 2.24) is 0 Å². The maximum Gasteiger partial charge on any atom is 0.0987 e. The highest BCUT2D eigenvalue weighted by Crippen LogP contribution is 2.05. The number of rotatable bonds is 0. The standard InChI is InChI=1S/H2IN2P/c1-4-3-2/h2H2. The molecule has 0 saturated carbocycles. The SMILES string of the molecule is NN=PI. The van der Waals surface area contributed by atoms with Crippen molar-refractivity contribution in [2.75, 3.05) is 0 Å². The van der Waals surface area contributed by atoms with E-state index < -0.39 is 0 Å². The minimum Gasteiger partial charge on any atom is -0.223 e. The molecule has 0 fully saturated rings. The molecular formula is H2IN2P. The maximum atomic E-state index is 4.63. The Kier molecular flexibility index (Phi) is 4.54. The van der Waals surface area contributed by atoms with Crippen LogP contribution in [-0.2, 0) is 0 Å². The summed E-state index contributed by atoms with van der Waals surface area (Å²) in [6.07, 6.45) is 0. The summed E-state index contributed by atoms with van der Waals surface area (Å²) in [7, 11) is 0. The summed E-state index contributed by atoms with van der Waals surface area (Å²) < 4.78 is 0. The molecule has 4 heavy (non-hydrogen) atoms. The van der Waals surface area contributed by atoms with E-state index >= 15 is 0 Å². The zero-order valence-corrected chi connectivity index (χ0v) is 4.90. The Balaban J connectivity index is 2.55. The molecule has 0 spiro atoms. The fourth-order valence-electron chi connectivity index (χ4n) is 0. The Bertz CT molecular complexity index is 21.2. The van der Waals surface area contributed by atoms with E-state index in [9.17, 15) is 0 Å². The van der Waals surface area contributed by atoms with Gasteiger partial charge in [0.15, 0.2) is 0 Å². The van der Waals surface area contributed by atoms with Gasteiger partial charge in [-0.15, -0.1) is 0 Å². The van der Waals surface area contributed by atoms with Gasteiger partial charge >= 0.3 is 0 Å². The van der Waals surface area contributed by atoms with Crippen molar-refractivity contribution in [2.45, 2.75) is 0 Å². The molecule has 0 atom stereocenters. The second kappa shape index (κ2) is 3.79.